The Morgan fingerprint density at radius 3 is 2.82 bits per heavy atom. The molecule has 0 aliphatic carbocycles. The molecule has 0 fully saturated rings. The zero-order valence-electron chi connectivity index (χ0n) is 9.90. The van der Waals surface area contributed by atoms with Gasteiger partial charge in [0.2, 0.25) is 5.78 Å². The quantitative estimate of drug-likeness (QED) is 0.606. The summed E-state index contributed by atoms with van der Waals surface area (Å²) >= 11 is 1.56. The minimum atomic E-state index is 0.0286. The molecule has 0 aliphatic rings. The predicted molar refractivity (Wildman–Crippen MR) is 69.7 cm³/mol. The van der Waals surface area contributed by atoms with Gasteiger partial charge in [0, 0.05) is 4.90 Å². The highest BCUT2D eigenvalue weighted by molar-refractivity contribution is 8.00. The Bertz CT molecular complexity index is 515. The summed E-state index contributed by atoms with van der Waals surface area (Å²) in [5.41, 5.74) is 2.41. The van der Waals surface area contributed by atoms with E-state index in [2.05, 4.69) is 32.0 Å². The summed E-state index contributed by atoms with van der Waals surface area (Å²) in [5, 5.41) is 0. The van der Waals surface area contributed by atoms with Crippen LogP contribution in [0.5, 0.6) is 0 Å². The summed E-state index contributed by atoms with van der Waals surface area (Å²) < 4.78 is 5.07. The number of aryl methyl sites for hydroxylation is 2. The van der Waals surface area contributed by atoms with E-state index in [1.165, 1.54) is 17.4 Å². The van der Waals surface area contributed by atoms with Gasteiger partial charge in [-0.25, -0.2) is 0 Å². The van der Waals surface area contributed by atoms with E-state index in [1.54, 1.807) is 23.9 Å². The Morgan fingerprint density at radius 1 is 1.29 bits per heavy atom. The lowest BCUT2D eigenvalue weighted by molar-refractivity contribution is 0.0992. The fraction of sp³-hybridized carbons (Fsp3) is 0.214. The molecule has 1 heterocycles. The first kappa shape index (κ1) is 12.0. The van der Waals surface area contributed by atoms with Crippen molar-refractivity contribution in [1.82, 2.24) is 0 Å². The van der Waals surface area contributed by atoms with Gasteiger partial charge in [0.1, 0.15) is 0 Å². The van der Waals surface area contributed by atoms with Crippen molar-refractivity contribution in [3.8, 4) is 0 Å². The van der Waals surface area contributed by atoms with Gasteiger partial charge in [-0.15, -0.1) is 11.8 Å². The summed E-state index contributed by atoms with van der Waals surface area (Å²) in [7, 11) is 0. The maximum Gasteiger partial charge on any atom is 0.208 e. The van der Waals surface area contributed by atoms with E-state index in [9.17, 15) is 4.79 Å². The average molecular weight is 246 g/mol. The summed E-state index contributed by atoms with van der Waals surface area (Å²) in [6, 6.07) is 9.69. The van der Waals surface area contributed by atoms with Crippen molar-refractivity contribution in [1.29, 1.82) is 0 Å². The molecule has 0 amide bonds. The first-order valence-electron chi connectivity index (χ1n) is 5.43. The third-order valence-corrected chi connectivity index (χ3v) is 3.66. The number of hydrogen-bond acceptors (Lipinski definition) is 3. The second-order valence-corrected chi connectivity index (χ2v) is 4.98. The van der Waals surface area contributed by atoms with Crippen molar-refractivity contribution < 1.29 is 9.21 Å². The molecule has 3 heteroatoms. The maximum absolute atomic E-state index is 11.8. The minimum absolute atomic E-state index is 0.0286. The van der Waals surface area contributed by atoms with Crippen LogP contribution in [0.2, 0.25) is 0 Å². The molecule has 0 saturated carbocycles. The van der Waals surface area contributed by atoms with Crippen LogP contribution in [-0.4, -0.2) is 11.5 Å². The fourth-order valence-corrected chi connectivity index (χ4v) is 2.51. The molecule has 0 bridgehead atoms. The van der Waals surface area contributed by atoms with E-state index < -0.39 is 0 Å². The highest BCUT2D eigenvalue weighted by Gasteiger charge is 2.10. The summed E-state index contributed by atoms with van der Waals surface area (Å²) in [4.78, 5) is 12.9. The topological polar surface area (TPSA) is 30.2 Å². The van der Waals surface area contributed by atoms with Gasteiger partial charge in [-0.3, -0.25) is 4.79 Å². The van der Waals surface area contributed by atoms with Gasteiger partial charge in [0.25, 0.3) is 0 Å². The highest BCUT2D eigenvalue weighted by Crippen LogP contribution is 2.24. The summed E-state index contributed by atoms with van der Waals surface area (Å²) in [6.07, 6.45) is 1.52. The molecule has 0 aliphatic heterocycles. The second-order valence-electron chi connectivity index (χ2n) is 3.96. The number of rotatable bonds is 4. The molecule has 0 atom stereocenters. The van der Waals surface area contributed by atoms with Crippen LogP contribution in [0.25, 0.3) is 0 Å². The first-order valence-corrected chi connectivity index (χ1v) is 6.42. The van der Waals surface area contributed by atoms with Crippen LogP contribution in [0.4, 0.5) is 0 Å². The van der Waals surface area contributed by atoms with Crippen LogP contribution in [0, 0.1) is 13.8 Å². The number of furan rings is 1. The number of carbonyl (C=O) groups excluding carboxylic acids is 1. The lowest BCUT2D eigenvalue weighted by Gasteiger charge is -2.05. The molecule has 0 spiro atoms. The molecular formula is C14H14O2S. The Kier molecular flexibility index (Phi) is 3.69. The van der Waals surface area contributed by atoms with Gasteiger partial charge >= 0.3 is 0 Å². The molecule has 1 aromatic heterocycles. The monoisotopic (exact) mass is 246 g/mol. The lowest BCUT2D eigenvalue weighted by atomic mass is 10.2. The predicted octanol–water partition coefficient (Wildman–Crippen LogP) is 3.87. The zero-order chi connectivity index (χ0) is 12.3. The standard InChI is InChI=1S/C14H14O2S/c1-10-5-6-11(2)14(8-10)17-9-12(15)13-4-3-7-16-13/h3-8H,9H2,1-2H3. The summed E-state index contributed by atoms with van der Waals surface area (Å²) in [5.74, 6) is 0.876. The molecule has 0 radical (unpaired) electrons. The highest BCUT2D eigenvalue weighted by atomic mass is 32.2. The second kappa shape index (κ2) is 5.23. The number of thioether (sulfide) groups is 1. The Hall–Kier alpha value is -1.48. The van der Waals surface area contributed by atoms with Crippen molar-refractivity contribution in [2.24, 2.45) is 0 Å². The molecule has 0 saturated heterocycles. The minimum Gasteiger partial charge on any atom is -0.461 e. The van der Waals surface area contributed by atoms with Crippen molar-refractivity contribution in [3.05, 3.63) is 53.5 Å². The van der Waals surface area contributed by atoms with Gasteiger partial charge in [-0.05, 0) is 37.6 Å². The molecule has 0 unspecified atom stereocenters. The number of Topliss-reactive ketones (excluding diaryl/α,β-unsaturated/α-hetero) is 1. The smallest absolute Gasteiger partial charge is 0.208 e. The van der Waals surface area contributed by atoms with E-state index in [1.807, 2.05) is 0 Å². The SMILES string of the molecule is Cc1ccc(C)c(SCC(=O)c2ccco2)c1. The van der Waals surface area contributed by atoms with Crippen molar-refractivity contribution >= 4 is 17.5 Å². The average Bonchev–Trinajstić information content (AvgIpc) is 2.83. The van der Waals surface area contributed by atoms with Gasteiger partial charge in [0.05, 0.1) is 12.0 Å². The number of ketones is 1. The molecule has 2 nitrogen and oxygen atoms in total. The van der Waals surface area contributed by atoms with Crippen LogP contribution in [0.3, 0.4) is 0 Å². The molecule has 0 N–H and O–H groups in total. The van der Waals surface area contributed by atoms with E-state index in [-0.39, 0.29) is 5.78 Å². The first-order chi connectivity index (χ1) is 8.16. The maximum atomic E-state index is 11.8. The van der Waals surface area contributed by atoms with Gasteiger partial charge in [-0.2, -0.15) is 0 Å². The Labute approximate surface area is 105 Å². The Balaban J connectivity index is 2.03. The molecular weight excluding hydrogens is 232 g/mol. The van der Waals surface area contributed by atoms with Crippen molar-refractivity contribution in [2.75, 3.05) is 5.75 Å². The summed E-state index contributed by atoms with van der Waals surface area (Å²) in [6.45, 7) is 4.11. The fourth-order valence-electron chi connectivity index (χ4n) is 1.51. The zero-order valence-corrected chi connectivity index (χ0v) is 10.7. The van der Waals surface area contributed by atoms with Gasteiger partial charge < -0.3 is 4.42 Å². The molecule has 1 aromatic carbocycles. The largest absolute Gasteiger partial charge is 0.461 e. The van der Waals surface area contributed by atoms with E-state index >= 15 is 0 Å². The van der Waals surface area contributed by atoms with Gasteiger partial charge in [-0.1, -0.05) is 17.7 Å². The van der Waals surface area contributed by atoms with Gasteiger partial charge in [0.15, 0.2) is 5.76 Å². The van der Waals surface area contributed by atoms with E-state index in [4.69, 9.17) is 4.42 Å². The van der Waals surface area contributed by atoms with Crippen LogP contribution in [0.15, 0.2) is 45.9 Å². The Morgan fingerprint density at radius 2 is 2.12 bits per heavy atom. The van der Waals surface area contributed by atoms with Crippen LogP contribution >= 0.6 is 11.8 Å². The molecule has 17 heavy (non-hydrogen) atoms. The molecule has 88 valence electrons. The molecule has 2 rings (SSSR count). The van der Waals surface area contributed by atoms with Crippen molar-refractivity contribution in [2.45, 2.75) is 18.7 Å². The van der Waals surface area contributed by atoms with Crippen LogP contribution < -0.4 is 0 Å². The number of carbonyl (C=O) groups is 1. The third-order valence-electron chi connectivity index (χ3n) is 2.50. The third kappa shape index (κ3) is 3.01. The van der Waals surface area contributed by atoms with Crippen LogP contribution in [0.1, 0.15) is 21.7 Å². The molecule has 2 aromatic rings. The number of benzene rings is 1. The number of hydrogen-bond donors (Lipinski definition) is 0. The van der Waals surface area contributed by atoms with E-state index in [0.717, 1.165) is 4.90 Å². The van der Waals surface area contributed by atoms with E-state index in [0.29, 0.717) is 11.5 Å². The lowest BCUT2D eigenvalue weighted by Crippen LogP contribution is -2.00. The van der Waals surface area contributed by atoms with Crippen LogP contribution in [-0.2, 0) is 0 Å². The normalized spacial score (nSPS) is 10.5. The van der Waals surface area contributed by atoms with Crippen molar-refractivity contribution in [3.63, 3.8) is 0 Å².